The van der Waals surface area contributed by atoms with Gasteiger partial charge in [0.05, 0.1) is 5.75 Å². The largest absolute Gasteiger partial charge is 0.375 e. The summed E-state index contributed by atoms with van der Waals surface area (Å²) in [5, 5.41) is 2.94. The van der Waals surface area contributed by atoms with Gasteiger partial charge in [0.15, 0.2) is 0 Å². The molecule has 2 aromatic rings. The first-order chi connectivity index (χ1) is 13.9. The van der Waals surface area contributed by atoms with E-state index in [9.17, 15) is 13.2 Å². The molecule has 3 rings (SSSR count). The van der Waals surface area contributed by atoms with Gasteiger partial charge >= 0.3 is 0 Å². The number of rotatable bonds is 8. The highest BCUT2D eigenvalue weighted by molar-refractivity contribution is 7.89. The van der Waals surface area contributed by atoms with E-state index in [4.69, 9.17) is 0 Å². The molecule has 1 aliphatic heterocycles. The van der Waals surface area contributed by atoms with Gasteiger partial charge in [-0.05, 0) is 43.0 Å². The van der Waals surface area contributed by atoms with Crippen LogP contribution in [0.25, 0.3) is 0 Å². The van der Waals surface area contributed by atoms with E-state index in [2.05, 4.69) is 10.2 Å². The van der Waals surface area contributed by atoms with Crippen molar-refractivity contribution in [2.45, 2.75) is 32.4 Å². The van der Waals surface area contributed by atoms with Crippen LogP contribution in [0.2, 0.25) is 0 Å². The van der Waals surface area contributed by atoms with Crippen LogP contribution in [0.4, 0.5) is 5.69 Å². The van der Waals surface area contributed by atoms with Gasteiger partial charge in [-0.2, -0.15) is 4.31 Å². The van der Waals surface area contributed by atoms with Crippen LogP contribution in [-0.2, 0) is 27.8 Å². The van der Waals surface area contributed by atoms with Crippen molar-refractivity contribution >= 4 is 21.6 Å². The highest BCUT2D eigenvalue weighted by Crippen LogP contribution is 2.26. The van der Waals surface area contributed by atoms with E-state index in [1.54, 1.807) is 6.92 Å². The summed E-state index contributed by atoms with van der Waals surface area (Å²) in [7, 11) is -1.46. The summed E-state index contributed by atoms with van der Waals surface area (Å²) in [6, 6.07) is 17.1. The van der Waals surface area contributed by atoms with E-state index >= 15 is 0 Å². The second kappa shape index (κ2) is 9.41. The number of fused-ring (bicyclic) bond motifs is 1. The normalized spacial score (nSPS) is 16.8. The Kier molecular flexibility index (Phi) is 6.92. The number of sulfonamides is 1. The Balaban J connectivity index is 1.60. The van der Waals surface area contributed by atoms with Gasteiger partial charge in [0, 0.05) is 32.4 Å². The lowest BCUT2D eigenvalue weighted by molar-refractivity contribution is -0.125. The maximum atomic E-state index is 12.9. The molecule has 156 valence electrons. The molecule has 0 saturated heterocycles. The Morgan fingerprint density at radius 3 is 2.45 bits per heavy atom. The molecule has 29 heavy (non-hydrogen) atoms. The van der Waals surface area contributed by atoms with Gasteiger partial charge in [-0.1, -0.05) is 42.5 Å². The van der Waals surface area contributed by atoms with Gasteiger partial charge in [-0.15, -0.1) is 0 Å². The molecule has 0 saturated carbocycles. The maximum Gasteiger partial charge on any atom is 0.238 e. The van der Waals surface area contributed by atoms with Gasteiger partial charge < -0.3 is 10.2 Å². The molecule has 2 aromatic carbocycles. The molecule has 1 heterocycles. The SMILES string of the molecule is CCS(=O)(=O)N1Cc2ccccc2C[C@H]1C(=O)NCCCN(C)c1ccccc1. The highest BCUT2D eigenvalue weighted by atomic mass is 32.2. The molecule has 6 nitrogen and oxygen atoms in total. The summed E-state index contributed by atoms with van der Waals surface area (Å²) in [5.41, 5.74) is 3.14. The van der Waals surface area contributed by atoms with E-state index in [1.807, 2.05) is 61.6 Å². The van der Waals surface area contributed by atoms with Crippen molar-refractivity contribution in [1.82, 2.24) is 9.62 Å². The summed E-state index contributed by atoms with van der Waals surface area (Å²) in [6.45, 7) is 3.17. The average Bonchev–Trinajstić information content (AvgIpc) is 2.76. The topological polar surface area (TPSA) is 69.7 Å². The van der Waals surface area contributed by atoms with Crippen molar-refractivity contribution in [3.63, 3.8) is 0 Å². The van der Waals surface area contributed by atoms with Crippen molar-refractivity contribution in [1.29, 1.82) is 0 Å². The fourth-order valence-corrected chi connectivity index (χ4v) is 4.86. The molecule has 0 fully saturated rings. The zero-order chi connectivity index (χ0) is 20.9. The third kappa shape index (κ3) is 5.16. The molecule has 1 atom stereocenters. The summed E-state index contributed by atoms with van der Waals surface area (Å²) < 4.78 is 26.6. The fourth-order valence-electron chi connectivity index (χ4n) is 3.64. The van der Waals surface area contributed by atoms with Gasteiger partial charge in [0.2, 0.25) is 15.9 Å². The number of carbonyl (C=O) groups is 1. The number of para-hydroxylation sites is 1. The summed E-state index contributed by atoms with van der Waals surface area (Å²) in [5.74, 6) is -0.236. The predicted molar refractivity (Wildman–Crippen MR) is 116 cm³/mol. The molecule has 0 aliphatic carbocycles. The van der Waals surface area contributed by atoms with Crippen LogP contribution in [0.15, 0.2) is 54.6 Å². The van der Waals surface area contributed by atoms with E-state index in [1.165, 1.54) is 4.31 Å². The van der Waals surface area contributed by atoms with Gasteiger partial charge in [0.1, 0.15) is 6.04 Å². The standard InChI is InChI=1S/C22H29N3O3S/c1-3-29(27,28)25-17-19-11-8-7-10-18(19)16-21(25)22(26)23-14-9-15-24(2)20-12-5-4-6-13-20/h4-8,10-13,21H,3,9,14-17H2,1-2H3,(H,23,26)/t21-/m0/s1. The van der Waals surface area contributed by atoms with Gasteiger partial charge in [-0.3, -0.25) is 4.79 Å². The Morgan fingerprint density at radius 2 is 1.76 bits per heavy atom. The Bertz CT molecular complexity index is 931. The molecule has 1 N–H and O–H groups in total. The minimum Gasteiger partial charge on any atom is -0.375 e. The maximum absolute atomic E-state index is 12.9. The highest BCUT2D eigenvalue weighted by Gasteiger charge is 2.37. The zero-order valence-corrected chi connectivity index (χ0v) is 17.9. The smallest absolute Gasteiger partial charge is 0.238 e. The third-order valence-corrected chi connectivity index (χ3v) is 7.22. The van der Waals surface area contributed by atoms with E-state index in [-0.39, 0.29) is 18.2 Å². The molecule has 0 aromatic heterocycles. The number of anilines is 1. The molecule has 1 amide bonds. The number of benzene rings is 2. The first-order valence-corrected chi connectivity index (χ1v) is 11.6. The predicted octanol–water partition coefficient (Wildman–Crippen LogP) is 2.41. The van der Waals surface area contributed by atoms with Crippen molar-refractivity contribution < 1.29 is 13.2 Å². The molecule has 0 radical (unpaired) electrons. The second-order valence-electron chi connectivity index (χ2n) is 7.34. The van der Waals surface area contributed by atoms with Gasteiger partial charge in [-0.25, -0.2) is 8.42 Å². The van der Waals surface area contributed by atoms with Crippen LogP contribution >= 0.6 is 0 Å². The monoisotopic (exact) mass is 415 g/mol. The Hall–Kier alpha value is -2.38. The molecule has 1 aliphatic rings. The van der Waals surface area contributed by atoms with E-state index < -0.39 is 16.1 Å². The van der Waals surface area contributed by atoms with Crippen LogP contribution in [0, 0.1) is 0 Å². The number of carbonyl (C=O) groups excluding carboxylic acids is 1. The van der Waals surface area contributed by atoms with Crippen molar-refractivity contribution in [2.24, 2.45) is 0 Å². The fraction of sp³-hybridized carbons (Fsp3) is 0.409. The number of amides is 1. The number of hydrogen-bond donors (Lipinski definition) is 1. The van der Waals surface area contributed by atoms with Crippen LogP contribution in [-0.4, -0.2) is 50.6 Å². The van der Waals surface area contributed by atoms with Crippen LogP contribution in [0.5, 0.6) is 0 Å². The first-order valence-electron chi connectivity index (χ1n) is 10.0. The Labute approximate surface area is 173 Å². The number of nitrogens with zero attached hydrogens (tertiary/aromatic N) is 2. The summed E-state index contributed by atoms with van der Waals surface area (Å²) >= 11 is 0. The number of hydrogen-bond acceptors (Lipinski definition) is 4. The number of nitrogens with one attached hydrogen (secondary N) is 1. The third-order valence-electron chi connectivity index (χ3n) is 5.40. The average molecular weight is 416 g/mol. The molecule has 0 bridgehead atoms. The second-order valence-corrected chi connectivity index (χ2v) is 9.55. The van der Waals surface area contributed by atoms with Crippen molar-refractivity contribution in [3.05, 3.63) is 65.7 Å². The molecular weight excluding hydrogens is 386 g/mol. The van der Waals surface area contributed by atoms with Crippen molar-refractivity contribution in [3.8, 4) is 0 Å². The minimum absolute atomic E-state index is 0.0131. The van der Waals surface area contributed by atoms with Crippen LogP contribution < -0.4 is 10.2 Å². The quantitative estimate of drug-likeness (QED) is 0.672. The lowest BCUT2D eigenvalue weighted by Gasteiger charge is -2.34. The zero-order valence-electron chi connectivity index (χ0n) is 17.0. The minimum atomic E-state index is -3.47. The first kappa shape index (κ1) is 21.3. The lowest BCUT2D eigenvalue weighted by Crippen LogP contribution is -2.53. The molecule has 0 unspecified atom stereocenters. The lowest BCUT2D eigenvalue weighted by atomic mass is 9.95. The van der Waals surface area contributed by atoms with E-state index in [0.717, 1.165) is 29.8 Å². The van der Waals surface area contributed by atoms with Crippen LogP contribution in [0.3, 0.4) is 0 Å². The van der Waals surface area contributed by atoms with Gasteiger partial charge in [0.25, 0.3) is 0 Å². The molecular formula is C22H29N3O3S. The van der Waals surface area contributed by atoms with Crippen molar-refractivity contribution in [2.75, 3.05) is 30.8 Å². The van der Waals surface area contributed by atoms with E-state index in [0.29, 0.717) is 13.0 Å². The molecule has 0 spiro atoms. The summed E-state index contributed by atoms with van der Waals surface area (Å²) in [4.78, 5) is 15.0. The molecule has 7 heteroatoms. The Morgan fingerprint density at radius 1 is 1.10 bits per heavy atom. The van der Waals surface area contributed by atoms with Crippen LogP contribution in [0.1, 0.15) is 24.5 Å². The summed E-state index contributed by atoms with van der Waals surface area (Å²) in [6.07, 6.45) is 1.19.